The van der Waals surface area contributed by atoms with Gasteiger partial charge in [-0.3, -0.25) is 0 Å². The van der Waals surface area contributed by atoms with E-state index in [4.69, 9.17) is 0 Å². The fraction of sp³-hybridized carbons (Fsp3) is 0.538. The molecule has 0 radical (unpaired) electrons. The Labute approximate surface area is 95.9 Å². The normalized spacial score (nSPS) is 19.3. The average Bonchev–Trinajstić information content (AvgIpc) is 2.71. The van der Waals surface area contributed by atoms with Crippen LogP contribution in [0.15, 0.2) is 29.2 Å². The monoisotopic (exact) mass is 222 g/mol. The minimum Gasteiger partial charge on any atom is -0.389 e. The minimum atomic E-state index is -0.351. The summed E-state index contributed by atoms with van der Waals surface area (Å²) in [6.07, 6.45) is 5.16. The molecule has 0 aliphatic heterocycles. The molecule has 1 aromatic rings. The van der Waals surface area contributed by atoms with Gasteiger partial charge in [0.25, 0.3) is 0 Å². The molecule has 82 valence electrons. The van der Waals surface area contributed by atoms with Gasteiger partial charge >= 0.3 is 0 Å². The first-order valence-electron chi connectivity index (χ1n) is 5.70. The predicted octanol–water partition coefficient (Wildman–Crippen LogP) is 3.77. The predicted molar refractivity (Wildman–Crippen MR) is 65.2 cm³/mol. The van der Waals surface area contributed by atoms with Crippen LogP contribution < -0.4 is 0 Å². The molecule has 0 bridgehead atoms. The molecule has 0 spiro atoms. The average molecular weight is 222 g/mol. The Kier molecular flexibility index (Phi) is 3.71. The lowest BCUT2D eigenvalue weighted by Gasteiger charge is -2.10. The van der Waals surface area contributed by atoms with Crippen molar-refractivity contribution in [2.75, 3.05) is 0 Å². The van der Waals surface area contributed by atoms with E-state index in [1.165, 1.54) is 30.6 Å². The van der Waals surface area contributed by atoms with Crippen LogP contribution >= 0.6 is 11.8 Å². The Morgan fingerprint density at radius 3 is 2.33 bits per heavy atom. The summed E-state index contributed by atoms with van der Waals surface area (Å²) in [4.78, 5) is 1.34. The van der Waals surface area contributed by atoms with Gasteiger partial charge in [-0.2, -0.15) is 0 Å². The molecule has 1 saturated carbocycles. The van der Waals surface area contributed by atoms with E-state index < -0.39 is 0 Å². The summed E-state index contributed by atoms with van der Waals surface area (Å²) in [5, 5.41) is 10.2. The van der Waals surface area contributed by atoms with E-state index in [2.05, 4.69) is 12.1 Å². The van der Waals surface area contributed by atoms with E-state index in [0.29, 0.717) is 0 Å². The van der Waals surface area contributed by atoms with E-state index in [-0.39, 0.29) is 6.10 Å². The third-order valence-electron chi connectivity index (χ3n) is 2.97. The highest BCUT2D eigenvalue weighted by molar-refractivity contribution is 8.00. The van der Waals surface area contributed by atoms with Crippen molar-refractivity contribution in [3.8, 4) is 0 Å². The van der Waals surface area contributed by atoms with Gasteiger partial charge in [0.1, 0.15) is 0 Å². The summed E-state index contributed by atoms with van der Waals surface area (Å²) in [6, 6.07) is 8.32. The molecule has 0 unspecified atom stereocenters. The first kappa shape index (κ1) is 11.0. The highest BCUT2D eigenvalue weighted by atomic mass is 32.2. The van der Waals surface area contributed by atoms with Crippen molar-refractivity contribution in [2.24, 2.45) is 0 Å². The third kappa shape index (κ3) is 2.99. The van der Waals surface area contributed by atoms with Gasteiger partial charge in [-0.25, -0.2) is 0 Å². The Morgan fingerprint density at radius 2 is 1.80 bits per heavy atom. The highest BCUT2D eigenvalue weighted by Crippen LogP contribution is 2.34. The molecule has 1 nitrogen and oxygen atoms in total. The number of rotatable bonds is 3. The quantitative estimate of drug-likeness (QED) is 0.840. The SMILES string of the molecule is C[C@H](O)c1ccc(SC2CCCC2)cc1. The molecule has 1 N–H and O–H groups in total. The number of hydrogen-bond acceptors (Lipinski definition) is 2. The van der Waals surface area contributed by atoms with Crippen molar-refractivity contribution >= 4 is 11.8 Å². The number of aliphatic hydroxyl groups excluding tert-OH is 1. The molecule has 1 aromatic carbocycles. The second kappa shape index (κ2) is 5.04. The number of aliphatic hydroxyl groups is 1. The Balaban J connectivity index is 1.97. The zero-order valence-electron chi connectivity index (χ0n) is 9.15. The largest absolute Gasteiger partial charge is 0.389 e. The fourth-order valence-corrected chi connectivity index (χ4v) is 3.27. The van der Waals surface area contributed by atoms with Gasteiger partial charge in [0.05, 0.1) is 6.10 Å². The molecule has 1 aliphatic carbocycles. The summed E-state index contributed by atoms with van der Waals surface area (Å²) in [5.74, 6) is 0. The van der Waals surface area contributed by atoms with Crippen LogP contribution in [0, 0.1) is 0 Å². The van der Waals surface area contributed by atoms with Crippen molar-refractivity contribution in [1.82, 2.24) is 0 Å². The fourth-order valence-electron chi connectivity index (χ4n) is 2.02. The molecular formula is C13H18OS. The maximum Gasteiger partial charge on any atom is 0.0761 e. The van der Waals surface area contributed by atoms with Crippen molar-refractivity contribution in [2.45, 2.75) is 48.9 Å². The summed E-state index contributed by atoms with van der Waals surface area (Å²) in [7, 11) is 0. The minimum absolute atomic E-state index is 0.351. The van der Waals surface area contributed by atoms with Gasteiger partial charge in [-0.1, -0.05) is 25.0 Å². The molecule has 1 atom stereocenters. The van der Waals surface area contributed by atoms with Crippen molar-refractivity contribution in [1.29, 1.82) is 0 Å². The molecule has 1 fully saturated rings. The van der Waals surface area contributed by atoms with Crippen LogP contribution in [0.1, 0.15) is 44.3 Å². The lowest BCUT2D eigenvalue weighted by molar-refractivity contribution is 0.199. The van der Waals surface area contributed by atoms with E-state index in [1.54, 1.807) is 6.92 Å². The third-order valence-corrected chi connectivity index (χ3v) is 4.32. The molecule has 15 heavy (non-hydrogen) atoms. The van der Waals surface area contributed by atoms with Crippen LogP contribution in [0.5, 0.6) is 0 Å². The van der Waals surface area contributed by atoms with Crippen LogP contribution in [0.3, 0.4) is 0 Å². The standard InChI is InChI=1S/C13H18OS/c1-10(14)11-6-8-13(9-7-11)15-12-4-2-3-5-12/h6-10,12,14H,2-5H2,1H3/t10-/m0/s1. The van der Waals surface area contributed by atoms with Gasteiger partial charge < -0.3 is 5.11 Å². The van der Waals surface area contributed by atoms with Gasteiger partial charge in [-0.05, 0) is 37.5 Å². The molecule has 2 rings (SSSR count). The maximum atomic E-state index is 9.39. The van der Waals surface area contributed by atoms with E-state index in [9.17, 15) is 5.11 Å². The van der Waals surface area contributed by atoms with Gasteiger partial charge in [0.15, 0.2) is 0 Å². The van der Waals surface area contributed by atoms with Gasteiger partial charge in [0.2, 0.25) is 0 Å². The molecule has 0 saturated heterocycles. The van der Waals surface area contributed by atoms with Crippen LogP contribution in [-0.4, -0.2) is 10.4 Å². The highest BCUT2D eigenvalue weighted by Gasteiger charge is 2.15. The van der Waals surface area contributed by atoms with Crippen molar-refractivity contribution < 1.29 is 5.11 Å². The second-order valence-electron chi connectivity index (χ2n) is 4.27. The molecule has 0 aromatic heterocycles. The van der Waals surface area contributed by atoms with E-state index in [0.717, 1.165) is 10.8 Å². The first-order valence-corrected chi connectivity index (χ1v) is 6.58. The zero-order chi connectivity index (χ0) is 10.7. The summed E-state index contributed by atoms with van der Waals surface area (Å²) < 4.78 is 0. The maximum absolute atomic E-state index is 9.39. The second-order valence-corrected chi connectivity index (χ2v) is 5.64. The number of hydrogen-bond donors (Lipinski definition) is 1. The lowest BCUT2D eigenvalue weighted by Crippen LogP contribution is -1.94. The summed E-state index contributed by atoms with van der Waals surface area (Å²) >= 11 is 1.99. The molecular weight excluding hydrogens is 204 g/mol. The van der Waals surface area contributed by atoms with E-state index >= 15 is 0 Å². The Bertz CT molecular complexity index is 299. The molecule has 0 amide bonds. The topological polar surface area (TPSA) is 20.2 Å². The number of thioether (sulfide) groups is 1. The Morgan fingerprint density at radius 1 is 1.20 bits per heavy atom. The van der Waals surface area contributed by atoms with Crippen LogP contribution in [0.4, 0.5) is 0 Å². The molecule has 1 aliphatic rings. The van der Waals surface area contributed by atoms with Gasteiger partial charge in [0, 0.05) is 10.1 Å². The summed E-state index contributed by atoms with van der Waals surface area (Å²) in [6.45, 7) is 1.80. The van der Waals surface area contributed by atoms with E-state index in [1.807, 2.05) is 23.9 Å². The van der Waals surface area contributed by atoms with Crippen LogP contribution in [0.25, 0.3) is 0 Å². The van der Waals surface area contributed by atoms with Crippen molar-refractivity contribution in [3.63, 3.8) is 0 Å². The van der Waals surface area contributed by atoms with Crippen LogP contribution in [-0.2, 0) is 0 Å². The molecule has 2 heteroatoms. The van der Waals surface area contributed by atoms with Crippen LogP contribution in [0.2, 0.25) is 0 Å². The zero-order valence-corrected chi connectivity index (χ0v) is 9.96. The Hall–Kier alpha value is -0.470. The number of benzene rings is 1. The van der Waals surface area contributed by atoms with Crippen molar-refractivity contribution in [3.05, 3.63) is 29.8 Å². The summed E-state index contributed by atoms with van der Waals surface area (Å²) in [5.41, 5.74) is 1.01. The smallest absolute Gasteiger partial charge is 0.0761 e. The first-order chi connectivity index (χ1) is 7.25. The lowest BCUT2D eigenvalue weighted by atomic mass is 10.1. The molecule has 0 heterocycles. The van der Waals surface area contributed by atoms with Gasteiger partial charge in [-0.15, -0.1) is 11.8 Å².